The highest BCUT2D eigenvalue weighted by molar-refractivity contribution is 5.99. The Kier molecular flexibility index (Phi) is 7.06. The fraction of sp³-hybridized carbons (Fsp3) is 0.440. The van der Waals surface area contributed by atoms with Gasteiger partial charge in [-0.25, -0.2) is 0 Å². The lowest BCUT2D eigenvalue weighted by Gasteiger charge is -2.44. The number of likely N-dealkylation sites (N-methyl/N-ethyl adjacent to an activating group) is 1. The summed E-state index contributed by atoms with van der Waals surface area (Å²) in [6.45, 7) is 6.39. The van der Waals surface area contributed by atoms with Gasteiger partial charge in [0.15, 0.2) is 5.78 Å². The zero-order valence-corrected chi connectivity index (χ0v) is 18.6. The summed E-state index contributed by atoms with van der Waals surface area (Å²) in [5.74, 6) is 0.234. The van der Waals surface area contributed by atoms with Gasteiger partial charge in [0.1, 0.15) is 5.54 Å². The second-order valence-corrected chi connectivity index (χ2v) is 8.53. The van der Waals surface area contributed by atoms with E-state index in [1.807, 2.05) is 76.5 Å². The van der Waals surface area contributed by atoms with Gasteiger partial charge >= 0.3 is 0 Å². The lowest BCUT2D eigenvalue weighted by Crippen LogP contribution is -2.59. The third-order valence-corrected chi connectivity index (χ3v) is 6.43. The van der Waals surface area contributed by atoms with Crippen LogP contribution in [0.5, 0.6) is 0 Å². The molecule has 1 saturated heterocycles. The predicted octanol–water partition coefficient (Wildman–Crippen LogP) is 3.91. The summed E-state index contributed by atoms with van der Waals surface area (Å²) < 4.78 is 0. The molecule has 1 aliphatic rings. The van der Waals surface area contributed by atoms with Crippen LogP contribution in [0.25, 0.3) is 0 Å². The number of likely N-dealkylation sites (tertiary alicyclic amines) is 1. The van der Waals surface area contributed by atoms with Crippen molar-refractivity contribution < 1.29 is 9.59 Å². The zero-order valence-electron chi connectivity index (χ0n) is 18.6. The number of nitrogens with zero attached hydrogens (tertiary/aromatic N) is 2. The Morgan fingerprint density at radius 3 is 2.13 bits per heavy atom. The van der Waals surface area contributed by atoms with Gasteiger partial charge in [-0.3, -0.25) is 14.5 Å². The number of carbonyl (C=O) groups is 2. The van der Waals surface area contributed by atoms with Gasteiger partial charge in [-0.15, -0.1) is 0 Å². The maximum atomic E-state index is 13.4. The summed E-state index contributed by atoms with van der Waals surface area (Å²) in [5.41, 5.74) is 3.31. The molecule has 5 nitrogen and oxygen atoms in total. The standard InChI is InChI=1S/C25H33N3O2/c1-19-9-8-10-20(2)23(19)26-24(30)25(27(3)4)14-17-28(18-15-25)16-13-22(29)21-11-6-5-7-12-21/h5-12H,13-18H2,1-4H3,(H,26,30). The minimum absolute atomic E-state index is 0.0601. The van der Waals surface area contributed by atoms with E-state index in [1.165, 1.54) is 0 Å². The minimum atomic E-state index is -0.533. The third kappa shape index (κ3) is 4.79. The molecule has 1 heterocycles. The van der Waals surface area contributed by atoms with Crippen molar-refractivity contribution >= 4 is 17.4 Å². The van der Waals surface area contributed by atoms with E-state index in [1.54, 1.807) is 0 Å². The molecule has 0 aromatic heterocycles. The number of carbonyl (C=O) groups excluding carboxylic acids is 2. The molecule has 1 amide bonds. The first-order valence-corrected chi connectivity index (χ1v) is 10.7. The highest BCUT2D eigenvalue weighted by atomic mass is 16.2. The van der Waals surface area contributed by atoms with Gasteiger partial charge in [-0.1, -0.05) is 48.5 Å². The van der Waals surface area contributed by atoms with E-state index in [9.17, 15) is 9.59 Å². The van der Waals surface area contributed by atoms with Gasteiger partial charge < -0.3 is 10.2 Å². The summed E-state index contributed by atoms with van der Waals surface area (Å²) in [7, 11) is 3.97. The first-order chi connectivity index (χ1) is 14.3. The maximum Gasteiger partial charge on any atom is 0.244 e. The molecule has 0 unspecified atom stereocenters. The van der Waals surface area contributed by atoms with E-state index in [4.69, 9.17) is 0 Å². The number of benzene rings is 2. The van der Waals surface area contributed by atoms with Crippen LogP contribution in [0.2, 0.25) is 0 Å². The summed E-state index contributed by atoms with van der Waals surface area (Å²) in [6.07, 6.45) is 2.00. The van der Waals surface area contributed by atoms with Crippen molar-refractivity contribution in [2.45, 2.75) is 38.6 Å². The number of anilines is 1. The lowest BCUT2D eigenvalue weighted by molar-refractivity contribution is -0.129. The third-order valence-electron chi connectivity index (χ3n) is 6.43. The molecule has 0 saturated carbocycles. The summed E-state index contributed by atoms with van der Waals surface area (Å²) in [5, 5.41) is 3.20. The van der Waals surface area contributed by atoms with Crippen molar-refractivity contribution in [3.05, 3.63) is 65.2 Å². The molecule has 30 heavy (non-hydrogen) atoms. The monoisotopic (exact) mass is 407 g/mol. The lowest BCUT2D eigenvalue weighted by atomic mass is 9.84. The average Bonchev–Trinajstić information content (AvgIpc) is 2.75. The van der Waals surface area contributed by atoms with Gasteiger partial charge in [0.2, 0.25) is 5.91 Å². The Morgan fingerprint density at radius 2 is 1.57 bits per heavy atom. The van der Waals surface area contributed by atoms with Crippen LogP contribution >= 0.6 is 0 Å². The van der Waals surface area contributed by atoms with E-state index >= 15 is 0 Å². The number of piperidine rings is 1. The fourth-order valence-electron chi connectivity index (χ4n) is 4.29. The predicted molar refractivity (Wildman–Crippen MR) is 122 cm³/mol. The van der Waals surface area contributed by atoms with Gasteiger partial charge in [0.25, 0.3) is 0 Å². The van der Waals surface area contributed by atoms with E-state index < -0.39 is 5.54 Å². The molecule has 3 rings (SSSR count). The number of aryl methyl sites for hydroxylation is 2. The van der Waals surface area contributed by atoms with Gasteiger partial charge in [-0.2, -0.15) is 0 Å². The number of hydrogen-bond acceptors (Lipinski definition) is 4. The Hall–Kier alpha value is -2.50. The van der Waals surface area contributed by atoms with Crippen molar-refractivity contribution in [1.29, 1.82) is 0 Å². The maximum absolute atomic E-state index is 13.4. The number of amides is 1. The number of para-hydroxylation sites is 1. The molecule has 0 radical (unpaired) electrons. The van der Waals surface area contributed by atoms with Gasteiger partial charge in [0, 0.05) is 37.3 Å². The van der Waals surface area contributed by atoms with Crippen LogP contribution in [0.3, 0.4) is 0 Å². The topological polar surface area (TPSA) is 52.7 Å². The highest BCUT2D eigenvalue weighted by Crippen LogP contribution is 2.30. The summed E-state index contributed by atoms with van der Waals surface area (Å²) in [6, 6.07) is 15.5. The molecule has 0 spiro atoms. The number of Topliss-reactive ketones (excluding diaryl/α,β-unsaturated/α-hetero) is 1. The smallest absolute Gasteiger partial charge is 0.244 e. The van der Waals surface area contributed by atoms with Crippen LogP contribution in [-0.2, 0) is 4.79 Å². The molecule has 0 bridgehead atoms. The molecule has 1 fully saturated rings. The van der Waals surface area contributed by atoms with Gasteiger partial charge in [-0.05, 0) is 51.9 Å². The first kappa shape index (κ1) is 22.2. The number of ketones is 1. The highest BCUT2D eigenvalue weighted by Gasteiger charge is 2.43. The van der Waals surface area contributed by atoms with Crippen LogP contribution in [0.1, 0.15) is 40.7 Å². The van der Waals surface area contributed by atoms with E-state index in [0.717, 1.165) is 54.9 Å². The fourth-order valence-corrected chi connectivity index (χ4v) is 4.29. The molecule has 0 atom stereocenters. The summed E-state index contributed by atoms with van der Waals surface area (Å²) >= 11 is 0. The largest absolute Gasteiger partial charge is 0.324 e. The Morgan fingerprint density at radius 1 is 0.967 bits per heavy atom. The van der Waals surface area contributed by atoms with E-state index in [-0.39, 0.29) is 11.7 Å². The van der Waals surface area contributed by atoms with E-state index in [2.05, 4.69) is 15.1 Å². The van der Waals surface area contributed by atoms with Crippen LogP contribution in [0, 0.1) is 13.8 Å². The first-order valence-electron chi connectivity index (χ1n) is 10.7. The molecule has 160 valence electrons. The molecule has 1 N–H and O–H groups in total. The van der Waals surface area contributed by atoms with Crippen LogP contribution in [0.4, 0.5) is 5.69 Å². The van der Waals surface area contributed by atoms with Crippen molar-refractivity contribution in [2.24, 2.45) is 0 Å². The molecular weight excluding hydrogens is 374 g/mol. The minimum Gasteiger partial charge on any atom is -0.324 e. The SMILES string of the molecule is Cc1cccc(C)c1NC(=O)C1(N(C)C)CCN(CCC(=O)c2ccccc2)CC1. The normalized spacial score (nSPS) is 16.4. The quantitative estimate of drug-likeness (QED) is 0.707. The molecule has 5 heteroatoms. The average molecular weight is 408 g/mol. The molecular formula is C25H33N3O2. The Bertz CT molecular complexity index is 864. The van der Waals surface area contributed by atoms with E-state index in [0.29, 0.717) is 6.42 Å². The second kappa shape index (κ2) is 9.54. The van der Waals surface area contributed by atoms with Crippen molar-refractivity contribution in [3.8, 4) is 0 Å². The van der Waals surface area contributed by atoms with Crippen LogP contribution in [-0.4, -0.2) is 60.8 Å². The van der Waals surface area contributed by atoms with Crippen LogP contribution < -0.4 is 5.32 Å². The molecule has 0 aliphatic carbocycles. The number of rotatable bonds is 7. The summed E-state index contributed by atoms with van der Waals surface area (Å²) in [4.78, 5) is 30.1. The van der Waals surface area contributed by atoms with Crippen molar-refractivity contribution in [3.63, 3.8) is 0 Å². The molecule has 2 aromatic rings. The number of nitrogens with one attached hydrogen (secondary N) is 1. The molecule has 1 aliphatic heterocycles. The van der Waals surface area contributed by atoms with Crippen LogP contribution in [0.15, 0.2) is 48.5 Å². The number of hydrogen-bond donors (Lipinski definition) is 1. The zero-order chi connectivity index (χ0) is 21.7. The molecule has 2 aromatic carbocycles. The second-order valence-electron chi connectivity index (χ2n) is 8.53. The Balaban J connectivity index is 1.61. The van der Waals surface area contributed by atoms with Crippen molar-refractivity contribution in [2.75, 3.05) is 39.0 Å². The van der Waals surface area contributed by atoms with Gasteiger partial charge in [0.05, 0.1) is 0 Å². The van der Waals surface area contributed by atoms with Crippen molar-refractivity contribution in [1.82, 2.24) is 9.80 Å². The Labute approximate surface area is 180 Å².